The van der Waals surface area contributed by atoms with E-state index in [0.29, 0.717) is 12.1 Å². The zero-order valence-electron chi connectivity index (χ0n) is 15.2. The average Bonchev–Trinajstić information content (AvgIpc) is 2.66. The highest BCUT2D eigenvalue weighted by atomic mass is 19.1. The van der Waals surface area contributed by atoms with Crippen LogP contribution in [0.5, 0.6) is 0 Å². The summed E-state index contributed by atoms with van der Waals surface area (Å²) in [6.45, 7) is 3.08. The van der Waals surface area contributed by atoms with Crippen molar-refractivity contribution in [1.29, 1.82) is 0 Å². The van der Waals surface area contributed by atoms with Crippen molar-refractivity contribution in [3.8, 4) is 0 Å². The van der Waals surface area contributed by atoms with Gasteiger partial charge < -0.3 is 14.7 Å². The first-order valence-corrected chi connectivity index (χ1v) is 9.46. The smallest absolute Gasteiger partial charge is 0.128 e. The highest BCUT2D eigenvalue weighted by Crippen LogP contribution is 2.21. The summed E-state index contributed by atoms with van der Waals surface area (Å²) in [7, 11) is 0. The van der Waals surface area contributed by atoms with Gasteiger partial charge in [0, 0.05) is 12.1 Å². The van der Waals surface area contributed by atoms with Crippen molar-refractivity contribution in [3.63, 3.8) is 0 Å². The number of nitrogens with zero attached hydrogens (tertiary/aromatic N) is 1. The third-order valence-electron chi connectivity index (χ3n) is 5.07. The summed E-state index contributed by atoms with van der Waals surface area (Å²) < 4.78 is 19.0. The molecule has 0 radical (unpaired) electrons. The van der Waals surface area contributed by atoms with Gasteiger partial charge in [-0.2, -0.15) is 0 Å². The van der Waals surface area contributed by atoms with Crippen molar-refractivity contribution < 1.29 is 14.2 Å². The predicted molar refractivity (Wildman–Crippen MR) is 101 cm³/mol. The molecular formula is C22H28FNO2. The van der Waals surface area contributed by atoms with Crippen molar-refractivity contribution in [2.24, 2.45) is 5.92 Å². The fourth-order valence-electron chi connectivity index (χ4n) is 3.59. The molecule has 0 saturated carbocycles. The van der Waals surface area contributed by atoms with Gasteiger partial charge in [0.2, 0.25) is 0 Å². The lowest BCUT2D eigenvalue weighted by Gasteiger charge is -2.33. The first-order chi connectivity index (χ1) is 12.7. The second-order valence-corrected chi connectivity index (χ2v) is 7.19. The molecule has 1 unspecified atom stereocenters. The Balaban J connectivity index is 1.33. The van der Waals surface area contributed by atoms with E-state index in [1.165, 1.54) is 11.6 Å². The van der Waals surface area contributed by atoms with Gasteiger partial charge in [0.25, 0.3) is 0 Å². The molecule has 0 amide bonds. The van der Waals surface area contributed by atoms with E-state index in [0.717, 1.165) is 38.3 Å². The third kappa shape index (κ3) is 5.90. The van der Waals surface area contributed by atoms with Crippen LogP contribution < -0.4 is 0 Å². The molecule has 1 heterocycles. The van der Waals surface area contributed by atoms with Gasteiger partial charge in [-0.25, -0.2) is 4.39 Å². The molecule has 1 fully saturated rings. The standard InChI is InChI=1S/C22H28FNO2/c23-22-9-5-4-8-20(22)16-26-17-21(25)15-24-12-10-19(11-13-24)14-18-6-2-1-3-7-18/h1-9,19,21,25H,10-17H2. The number of hydrogen-bond acceptors (Lipinski definition) is 3. The van der Waals surface area contributed by atoms with Gasteiger partial charge in [0.1, 0.15) is 5.82 Å². The van der Waals surface area contributed by atoms with Crippen LogP contribution in [0.25, 0.3) is 0 Å². The normalized spacial score (nSPS) is 17.3. The number of benzene rings is 2. The highest BCUT2D eigenvalue weighted by Gasteiger charge is 2.21. The van der Waals surface area contributed by atoms with Crippen LogP contribution in [0.4, 0.5) is 4.39 Å². The van der Waals surface area contributed by atoms with E-state index in [1.54, 1.807) is 18.2 Å². The van der Waals surface area contributed by atoms with Crippen molar-refractivity contribution in [3.05, 3.63) is 71.5 Å². The van der Waals surface area contributed by atoms with Gasteiger partial charge >= 0.3 is 0 Å². The van der Waals surface area contributed by atoms with E-state index < -0.39 is 6.10 Å². The van der Waals surface area contributed by atoms with Gasteiger partial charge in [0.15, 0.2) is 0 Å². The summed E-state index contributed by atoms with van der Waals surface area (Å²) in [6, 6.07) is 17.2. The molecule has 1 saturated heterocycles. The Hall–Kier alpha value is -1.75. The maximum atomic E-state index is 13.5. The van der Waals surface area contributed by atoms with E-state index in [1.807, 2.05) is 0 Å². The predicted octanol–water partition coefficient (Wildman–Crippen LogP) is 3.66. The average molecular weight is 357 g/mol. The molecule has 140 valence electrons. The number of aliphatic hydroxyl groups excluding tert-OH is 1. The summed E-state index contributed by atoms with van der Waals surface area (Å²) in [5.41, 5.74) is 1.94. The third-order valence-corrected chi connectivity index (χ3v) is 5.07. The van der Waals surface area contributed by atoms with Crippen LogP contribution in [-0.2, 0) is 17.8 Å². The van der Waals surface area contributed by atoms with Gasteiger partial charge in [0.05, 0.1) is 19.3 Å². The topological polar surface area (TPSA) is 32.7 Å². The molecule has 26 heavy (non-hydrogen) atoms. The lowest BCUT2D eigenvalue weighted by atomic mass is 9.90. The minimum atomic E-state index is -0.535. The Bertz CT molecular complexity index is 656. The first kappa shape index (κ1) is 19.0. The van der Waals surface area contributed by atoms with Crippen LogP contribution in [0.1, 0.15) is 24.0 Å². The van der Waals surface area contributed by atoms with Gasteiger partial charge in [-0.1, -0.05) is 48.5 Å². The molecule has 3 rings (SSSR count). The van der Waals surface area contributed by atoms with Gasteiger partial charge in [-0.15, -0.1) is 0 Å². The number of hydrogen-bond donors (Lipinski definition) is 1. The van der Waals surface area contributed by atoms with Crippen LogP contribution in [0, 0.1) is 11.7 Å². The molecule has 0 bridgehead atoms. The molecule has 1 aliphatic rings. The molecule has 0 spiro atoms. The van der Waals surface area contributed by atoms with Crippen LogP contribution in [0.15, 0.2) is 54.6 Å². The molecular weight excluding hydrogens is 329 g/mol. The maximum absolute atomic E-state index is 13.5. The largest absolute Gasteiger partial charge is 0.389 e. The van der Waals surface area contributed by atoms with Crippen molar-refractivity contribution >= 4 is 0 Å². The summed E-state index contributed by atoms with van der Waals surface area (Å²) in [4.78, 5) is 2.30. The summed E-state index contributed by atoms with van der Waals surface area (Å²) in [5.74, 6) is 0.463. The second kappa shape index (κ2) is 9.81. The number of likely N-dealkylation sites (tertiary alicyclic amines) is 1. The lowest BCUT2D eigenvalue weighted by Crippen LogP contribution is -2.40. The fourth-order valence-corrected chi connectivity index (χ4v) is 3.59. The van der Waals surface area contributed by atoms with E-state index in [2.05, 4.69) is 35.2 Å². The molecule has 2 aromatic carbocycles. The number of β-amino-alcohol motifs (C(OH)–C–C–N with tert-alkyl or cyclic N) is 1. The Morgan fingerprint density at radius 3 is 2.46 bits per heavy atom. The quantitative estimate of drug-likeness (QED) is 0.783. The van der Waals surface area contributed by atoms with Crippen molar-refractivity contribution in [1.82, 2.24) is 4.90 Å². The number of halogens is 1. The SMILES string of the molecule is OC(COCc1ccccc1F)CN1CCC(Cc2ccccc2)CC1. The molecule has 0 aromatic heterocycles. The van der Waals surface area contributed by atoms with Crippen molar-refractivity contribution in [2.75, 3.05) is 26.2 Å². The minimum absolute atomic E-state index is 0.197. The number of rotatable bonds is 8. The molecule has 1 aliphatic heterocycles. The molecule has 4 heteroatoms. The Morgan fingerprint density at radius 2 is 1.73 bits per heavy atom. The Kier molecular flexibility index (Phi) is 7.18. The highest BCUT2D eigenvalue weighted by molar-refractivity contribution is 5.16. The van der Waals surface area contributed by atoms with Crippen LogP contribution in [-0.4, -0.2) is 42.4 Å². The molecule has 1 atom stereocenters. The number of aliphatic hydroxyl groups is 1. The number of piperidine rings is 1. The monoisotopic (exact) mass is 357 g/mol. The molecule has 1 N–H and O–H groups in total. The Labute approximate surface area is 155 Å². The zero-order valence-corrected chi connectivity index (χ0v) is 15.2. The van der Waals surface area contributed by atoms with Crippen LogP contribution in [0.3, 0.4) is 0 Å². The summed E-state index contributed by atoms with van der Waals surface area (Å²) in [6.07, 6.45) is 2.94. The van der Waals surface area contributed by atoms with Crippen LogP contribution >= 0.6 is 0 Å². The minimum Gasteiger partial charge on any atom is -0.389 e. The van der Waals surface area contributed by atoms with Gasteiger partial charge in [-0.3, -0.25) is 0 Å². The zero-order chi connectivity index (χ0) is 18.2. The van der Waals surface area contributed by atoms with E-state index in [-0.39, 0.29) is 19.0 Å². The van der Waals surface area contributed by atoms with E-state index in [9.17, 15) is 9.50 Å². The lowest BCUT2D eigenvalue weighted by molar-refractivity contribution is 0.00382. The Morgan fingerprint density at radius 1 is 1.04 bits per heavy atom. The first-order valence-electron chi connectivity index (χ1n) is 9.46. The summed E-state index contributed by atoms with van der Waals surface area (Å²) in [5, 5.41) is 10.2. The summed E-state index contributed by atoms with van der Waals surface area (Å²) >= 11 is 0. The molecule has 3 nitrogen and oxygen atoms in total. The van der Waals surface area contributed by atoms with Crippen molar-refractivity contribution in [2.45, 2.75) is 32.0 Å². The maximum Gasteiger partial charge on any atom is 0.128 e. The van der Waals surface area contributed by atoms with E-state index >= 15 is 0 Å². The fraction of sp³-hybridized carbons (Fsp3) is 0.455. The van der Waals surface area contributed by atoms with Crippen LogP contribution in [0.2, 0.25) is 0 Å². The molecule has 2 aromatic rings. The number of ether oxygens (including phenoxy) is 1. The second-order valence-electron chi connectivity index (χ2n) is 7.19. The van der Waals surface area contributed by atoms with E-state index in [4.69, 9.17) is 4.74 Å². The molecule has 0 aliphatic carbocycles. The van der Waals surface area contributed by atoms with Gasteiger partial charge in [-0.05, 0) is 49.9 Å².